The summed E-state index contributed by atoms with van der Waals surface area (Å²) in [5.41, 5.74) is 0.566. The molecule has 1 atom stereocenters. The third-order valence-corrected chi connectivity index (χ3v) is 2.98. The average molecular weight is 219 g/mol. The summed E-state index contributed by atoms with van der Waals surface area (Å²) in [7, 11) is 1.66. The summed E-state index contributed by atoms with van der Waals surface area (Å²) in [6, 6.07) is 9.92. The van der Waals surface area contributed by atoms with Crippen molar-refractivity contribution < 1.29 is 9.47 Å². The Balaban J connectivity index is 2.51. The monoisotopic (exact) mass is 219 g/mol. The Bertz CT molecular complexity index is 411. The van der Waals surface area contributed by atoms with E-state index in [1.54, 1.807) is 7.11 Å². The predicted octanol–water partition coefficient (Wildman–Crippen LogP) is 2.71. The summed E-state index contributed by atoms with van der Waals surface area (Å²) < 4.78 is 11.5. The number of rotatable bonds is 2. The van der Waals surface area contributed by atoms with Gasteiger partial charge in [0.15, 0.2) is 5.90 Å². The Hall–Kier alpha value is -1.35. The number of aliphatic imine (C=N–C) groups is 1. The van der Waals surface area contributed by atoms with Gasteiger partial charge in [0, 0.05) is 19.6 Å². The van der Waals surface area contributed by atoms with Crippen molar-refractivity contribution >= 4 is 5.90 Å². The molecule has 0 saturated heterocycles. The van der Waals surface area contributed by atoms with Crippen LogP contribution in [0.2, 0.25) is 0 Å². The highest BCUT2D eigenvalue weighted by Crippen LogP contribution is 2.44. The molecule has 1 heterocycles. The van der Waals surface area contributed by atoms with E-state index in [2.05, 4.69) is 4.99 Å². The van der Waals surface area contributed by atoms with Crippen molar-refractivity contribution in [3.63, 3.8) is 0 Å². The molecule has 0 amide bonds. The first kappa shape index (κ1) is 11.1. The van der Waals surface area contributed by atoms with Crippen LogP contribution < -0.4 is 0 Å². The van der Waals surface area contributed by atoms with Gasteiger partial charge in [-0.25, -0.2) is 4.99 Å². The zero-order valence-corrected chi connectivity index (χ0v) is 10.2. The summed E-state index contributed by atoms with van der Waals surface area (Å²) in [6.07, 6.45) is 0. The van der Waals surface area contributed by atoms with E-state index in [4.69, 9.17) is 9.47 Å². The van der Waals surface area contributed by atoms with E-state index in [0.717, 1.165) is 5.56 Å². The second-order valence-electron chi connectivity index (χ2n) is 4.48. The molecule has 86 valence electrons. The molecule has 1 aromatic rings. The normalized spacial score (nSPS) is 27.4. The predicted molar refractivity (Wildman–Crippen MR) is 63.4 cm³/mol. The van der Waals surface area contributed by atoms with Crippen LogP contribution in [0.5, 0.6) is 0 Å². The highest BCUT2D eigenvalue weighted by molar-refractivity contribution is 5.76. The van der Waals surface area contributed by atoms with Crippen LogP contribution in [0.4, 0.5) is 0 Å². The van der Waals surface area contributed by atoms with Crippen LogP contribution in [0.25, 0.3) is 0 Å². The van der Waals surface area contributed by atoms with Crippen LogP contribution in [0.1, 0.15) is 26.3 Å². The maximum atomic E-state index is 5.83. The maximum absolute atomic E-state index is 5.83. The second-order valence-corrected chi connectivity index (χ2v) is 4.48. The lowest BCUT2D eigenvalue weighted by molar-refractivity contribution is -0.204. The lowest BCUT2D eigenvalue weighted by Gasteiger charge is -2.36. The van der Waals surface area contributed by atoms with Crippen molar-refractivity contribution in [3.05, 3.63) is 35.9 Å². The molecular weight excluding hydrogens is 202 g/mol. The summed E-state index contributed by atoms with van der Waals surface area (Å²) in [4.78, 5) is 4.49. The number of hydrogen-bond donors (Lipinski definition) is 0. The molecule has 3 heteroatoms. The standard InChI is InChI=1S/C13H17NO2/c1-10-14-12(2,3)13(15-4,16-10)11-8-6-5-7-9-11/h5-9H,1-4H3. The Morgan fingerprint density at radius 2 is 1.81 bits per heavy atom. The van der Waals surface area contributed by atoms with E-state index < -0.39 is 11.3 Å². The van der Waals surface area contributed by atoms with Gasteiger partial charge in [-0.2, -0.15) is 0 Å². The van der Waals surface area contributed by atoms with Crippen molar-refractivity contribution in [2.75, 3.05) is 7.11 Å². The largest absolute Gasteiger partial charge is 0.443 e. The van der Waals surface area contributed by atoms with Gasteiger partial charge < -0.3 is 9.47 Å². The van der Waals surface area contributed by atoms with Crippen molar-refractivity contribution in [2.24, 2.45) is 4.99 Å². The Kier molecular flexibility index (Phi) is 2.50. The van der Waals surface area contributed by atoms with Crippen LogP contribution in [-0.4, -0.2) is 18.5 Å². The smallest absolute Gasteiger partial charge is 0.263 e. The van der Waals surface area contributed by atoms with Gasteiger partial charge in [-0.05, 0) is 13.8 Å². The van der Waals surface area contributed by atoms with E-state index in [-0.39, 0.29) is 0 Å². The molecule has 0 radical (unpaired) electrons. The number of ether oxygens (including phenoxy) is 2. The number of benzene rings is 1. The first-order chi connectivity index (χ1) is 7.52. The van der Waals surface area contributed by atoms with Gasteiger partial charge in [-0.1, -0.05) is 30.3 Å². The number of hydrogen-bond acceptors (Lipinski definition) is 3. The van der Waals surface area contributed by atoms with Crippen molar-refractivity contribution in [1.29, 1.82) is 0 Å². The molecule has 1 aliphatic heterocycles. The van der Waals surface area contributed by atoms with Crippen LogP contribution in [0.3, 0.4) is 0 Å². The molecule has 0 fully saturated rings. The summed E-state index contributed by atoms with van der Waals surface area (Å²) in [6.45, 7) is 5.88. The minimum atomic E-state index is -0.807. The molecule has 0 aromatic heterocycles. The molecule has 0 saturated carbocycles. The van der Waals surface area contributed by atoms with Gasteiger partial charge in [0.05, 0.1) is 0 Å². The van der Waals surface area contributed by atoms with Crippen LogP contribution in [-0.2, 0) is 15.3 Å². The minimum Gasteiger partial charge on any atom is -0.443 e. The van der Waals surface area contributed by atoms with Crippen molar-refractivity contribution in [2.45, 2.75) is 32.1 Å². The quantitative estimate of drug-likeness (QED) is 0.765. The Morgan fingerprint density at radius 3 is 2.25 bits per heavy atom. The van der Waals surface area contributed by atoms with Gasteiger partial charge in [0.1, 0.15) is 5.54 Å². The summed E-state index contributed by atoms with van der Waals surface area (Å²) >= 11 is 0. The second kappa shape index (κ2) is 3.59. The summed E-state index contributed by atoms with van der Waals surface area (Å²) in [5, 5.41) is 0. The lowest BCUT2D eigenvalue weighted by atomic mass is 9.88. The van der Waals surface area contributed by atoms with Gasteiger partial charge >= 0.3 is 0 Å². The van der Waals surface area contributed by atoms with E-state index in [1.807, 2.05) is 51.1 Å². The maximum Gasteiger partial charge on any atom is 0.263 e. The Morgan fingerprint density at radius 1 is 1.19 bits per heavy atom. The molecule has 0 aliphatic carbocycles. The molecular formula is C13H17NO2. The SMILES string of the molecule is COC1(c2ccccc2)OC(C)=NC1(C)C. The van der Waals surface area contributed by atoms with E-state index in [1.165, 1.54) is 0 Å². The highest BCUT2D eigenvalue weighted by Gasteiger charge is 2.54. The van der Waals surface area contributed by atoms with Crippen molar-refractivity contribution in [3.8, 4) is 0 Å². The number of nitrogens with zero attached hydrogens (tertiary/aromatic N) is 1. The van der Waals surface area contributed by atoms with Gasteiger partial charge in [-0.15, -0.1) is 0 Å². The van der Waals surface area contributed by atoms with Crippen molar-refractivity contribution in [1.82, 2.24) is 0 Å². The molecule has 16 heavy (non-hydrogen) atoms. The topological polar surface area (TPSA) is 30.8 Å². The molecule has 0 N–H and O–H groups in total. The van der Waals surface area contributed by atoms with Crippen LogP contribution in [0, 0.1) is 0 Å². The van der Waals surface area contributed by atoms with Gasteiger partial charge in [-0.3, -0.25) is 0 Å². The molecule has 1 aromatic carbocycles. The molecule has 3 nitrogen and oxygen atoms in total. The third-order valence-electron chi connectivity index (χ3n) is 2.98. The van der Waals surface area contributed by atoms with E-state index in [9.17, 15) is 0 Å². The molecule has 1 aliphatic rings. The zero-order chi connectivity index (χ0) is 11.8. The Labute approximate surface area is 96.1 Å². The first-order valence-corrected chi connectivity index (χ1v) is 5.38. The van der Waals surface area contributed by atoms with Crippen LogP contribution >= 0.6 is 0 Å². The van der Waals surface area contributed by atoms with E-state index in [0.29, 0.717) is 5.90 Å². The fourth-order valence-electron chi connectivity index (χ4n) is 2.30. The third kappa shape index (κ3) is 1.43. The lowest BCUT2D eigenvalue weighted by Crippen LogP contribution is -2.46. The van der Waals surface area contributed by atoms with Crippen LogP contribution in [0.15, 0.2) is 35.3 Å². The fourth-order valence-corrected chi connectivity index (χ4v) is 2.30. The molecule has 1 unspecified atom stereocenters. The van der Waals surface area contributed by atoms with Gasteiger partial charge in [0.2, 0.25) is 0 Å². The highest BCUT2D eigenvalue weighted by atomic mass is 16.7. The van der Waals surface area contributed by atoms with E-state index >= 15 is 0 Å². The molecule has 0 spiro atoms. The minimum absolute atomic E-state index is 0.423. The first-order valence-electron chi connectivity index (χ1n) is 5.38. The molecule has 2 rings (SSSR count). The number of methoxy groups -OCH3 is 1. The summed E-state index contributed by atoms with van der Waals surface area (Å²) in [5.74, 6) is -0.145. The average Bonchev–Trinajstić information content (AvgIpc) is 2.49. The fraction of sp³-hybridized carbons (Fsp3) is 0.462. The van der Waals surface area contributed by atoms with Gasteiger partial charge in [0.25, 0.3) is 5.79 Å². The molecule has 0 bridgehead atoms. The zero-order valence-electron chi connectivity index (χ0n) is 10.2.